The van der Waals surface area contributed by atoms with Crippen molar-refractivity contribution in [1.82, 2.24) is 4.98 Å². The molecule has 132 valence electrons. The molecule has 1 aromatic carbocycles. The van der Waals surface area contributed by atoms with E-state index in [1.807, 2.05) is 26.8 Å². The van der Waals surface area contributed by atoms with Gasteiger partial charge in [0, 0.05) is 29.3 Å². The second kappa shape index (κ2) is 8.39. The summed E-state index contributed by atoms with van der Waals surface area (Å²) in [5.41, 5.74) is 8.60. The Morgan fingerprint density at radius 3 is 2.48 bits per heavy atom. The van der Waals surface area contributed by atoms with Gasteiger partial charge in [-0.1, -0.05) is 26.3 Å². The van der Waals surface area contributed by atoms with Gasteiger partial charge in [-0.25, -0.2) is 0 Å². The summed E-state index contributed by atoms with van der Waals surface area (Å²) in [6.45, 7) is 5.83. The molecule has 1 aromatic heterocycles. The lowest BCUT2D eigenvalue weighted by molar-refractivity contribution is -0.118. The predicted octanol–water partition coefficient (Wildman–Crippen LogP) is 2.95. The highest BCUT2D eigenvalue weighted by Crippen LogP contribution is 2.21. The fourth-order valence-electron chi connectivity index (χ4n) is 2.27. The monoisotopic (exact) mass is 340 g/mol. The Morgan fingerprint density at radius 2 is 1.84 bits per heavy atom. The van der Waals surface area contributed by atoms with Crippen molar-refractivity contribution in [3.8, 4) is 0 Å². The third-order valence-corrected chi connectivity index (χ3v) is 4.26. The third-order valence-electron chi connectivity index (χ3n) is 4.26. The number of carbonyl (C=O) groups is 2. The summed E-state index contributed by atoms with van der Waals surface area (Å²) in [6.07, 6.45) is 3.96. The van der Waals surface area contributed by atoms with Crippen LogP contribution in [0.15, 0.2) is 42.7 Å². The lowest BCUT2D eigenvalue weighted by atomic mass is 9.99. The quantitative estimate of drug-likeness (QED) is 0.753. The minimum absolute atomic E-state index is 0.0938. The molecule has 2 amide bonds. The molecule has 0 spiro atoms. The molecule has 2 atom stereocenters. The van der Waals surface area contributed by atoms with Crippen LogP contribution < -0.4 is 16.4 Å². The number of rotatable bonds is 6. The Morgan fingerprint density at radius 1 is 1.16 bits per heavy atom. The topological polar surface area (TPSA) is 97.1 Å². The number of nitrogens with zero attached hydrogens (tertiary/aromatic N) is 1. The molecule has 2 aromatic rings. The van der Waals surface area contributed by atoms with E-state index in [1.165, 1.54) is 0 Å². The molecule has 0 radical (unpaired) electrons. The first kappa shape index (κ1) is 18.6. The highest BCUT2D eigenvalue weighted by atomic mass is 16.2. The molecule has 4 N–H and O–H groups in total. The summed E-state index contributed by atoms with van der Waals surface area (Å²) < 4.78 is 0. The molecule has 2 rings (SSSR count). The van der Waals surface area contributed by atoms with Crippen LogP contribution in [0.1, 0.15) is 36.2 Å². The molecule has 6 heteroatoms. The molecule has 6 nitrogen and oxygen atoms in total. The van der Waals surface area contributed by atoms with E-state index < -0.39 is 6.04 Å². The number of pyridine rings is 1. The molecule has 1 heterocycles. The van der Waals surface area contributed by atoms with Crippen LogP contribution in [0, 0.1) is 12.8 Å². The van der Waals surface area contributed by atoms with Crippen molar-refractivity contribution >= 4 is 23.2 Å². The Balaban J connectivity index is 2.12. The summed E-state index contributed by atoms with van der Waals surface area (Å²) in [5, 5.41) is 5.67. The number of hydrogen-bond acceptors (Lipinski definition) is 4. The smallest absolute Gasteiger partial charge is 0.255 e. The zero-order chi connectivity index (χ0) is 18.4. The Bertz CT molecular complexity index is 746. The maximum absolute atomic E-state index is 12.3. The van der Waals surface area contributed by atoms with Gasteiger partial charge < -0.3 is 16.4 Å². The number of amides is 2. The van der Waals surface area contributed by atoms with Crippen molar-refractivity contribution in [2.24, 2.45) is 11.7 Å². The second-order valence-electron chi connectivity index (χ2n) is 6.12. The number of aromatic nitrogens is 1. The van der Waals surface area contributed by atoms with Crippen LogP contribution >= 0.6 is 0 Å². The van der Waals surface area contributed by atoms with E-state index in [0.717, 1.165) is 12.0 Å². The van der Waals surface area contributed by atoms with E-state index in [-0.39, 0.29) is 17.7 Å². The van der Waals surface area contributed by atoms with Crippen LogP contribution in [0.5, 0.6) is 0 Å². The van der Waals surface area contributed by atoms with Crippen molar-refractivity contribution in [2.45, 2.75) is 33.2 Å². The van der Waals surface area contributed by atoms with Gasteiger partial charge in [0.15, 0.2) is 0 Å². The maximum atomic E-state index is 12.3. The zero-order valence-electron chi connectivity index (χ0n) is 14.7. The first-order valence-electron chi connectivity index (χ1n) is 8.30. The Hall–Kier alpha value is -2.73. The van der Waals surface area contributed by atoms with Crippen molar-refractivity contribution in [3.05, 3.63) is 53.9 Å². The average Bonchev–Trinajstić information content (AvgIpc) is 2.63. The van der Waals surface area contributed by atoms with Crippen molar-refractivity contribution < 1.29 is 9.59 Å². The molecule has 0 fully saturated rings. The summed E-state index contributed by atoms with van der Waals surface area (Å²) in [5.74, 6) is -0.369. The zero-order valence-corrected chi connectivity index (χ0v) is 14.7. The fraction of sp³-hybridized carbons (Fsp3) is 0.316. The van der Waals surface area contributed by atoms with Crippen molar-refractivity contribution in [2.75, 3.05) is 10.6 Å². The highest BCUT2D eigenvalue weighted by molar-refractivity contribution is 6.05. The van der Waals surface area contributed by atoms with Gasteiger partial charge in [-0.05, 0) is 42.7 Å². The standard InChI is InChI=1S/C19H24N4O2/c1-4-12(2)17(20)19(25)22-15-6-5-13(3)16(11-15)23-18(24)14-7-9-21-10-8-14/h5-12,17H,4,20H2,1-3H3,(H,22,25)(H,23,24). The minimum atomic E-state index is -0.568. The van der Waals surface area contributed by atoms with Crippen LogP contribution in [-0.4, -0.2) is 22.8 Å². The van der Waals surface area contributed by atoms with E-state index in [2.05, 4.69) is 15.6 Å². The van der Waals surface area contributed by atoms with Crippen LogP contribution in [0.25, 0.3) is 0 Å². The summed E-state index contributed by atoms with van der Waals surface area (Å²) in [4.78, 5) is 28.4. The molecule has 25 heavy (non-hydrogen) atoms. The summed E-state index contributed by atoms with van der Waals surface area (Å²) in [7, 11) is 0. The molecular formula is C19H24N4O2. The Labute approximate surface area is 147 Å². The Kier molecular flexibility index (Phi) is 6.25. The van der Waals surface area contributed by atoms with E-state index >= 15 is 0 Å². The van der Waals surface area contributed by atoms with Gasteiger partial charge >= 0.3 is 0 Å². The lowest BCUT2D eigenvalue weighted by Crippen LogP contribution is -2.40. The van der Waals surface area contributed by atoms with Crippen molar-refractivity contribution in [1.29, 1.82) is 0 Å². The highest BCUT2D eigenvalue weighted by Gasteiger charge is 2.19. The SMILES string of the molecule is CCC(C)C(N)C(=O)Nc1ccc(C)c(NC(=O)c2ccncc2)c1. The largest absolute Gasteiger partial charge is 0.325 e. The van der Waals surface area contributed by atoms with Gasteiger partial charge in [0.2, 0.25) is 5.91 Å². The number of aryl methyl sites for hydroxylation is 1. The van der Waals surface area contributed by atoms with Gasteiger partial charge in [-0.3, -0.25) is 14.6 Å². The lowest BCUT2D eigenvalue weighted by Gasteiger charge is -2.18. The number of nitrogens with one attached hydrogen (secondary N) is 2. The molecule has 0 saturated carbocycles. The first-order chi connectivity index (χ1) is 11.9. The molecule has 0 aliphatic heterocycles. The maximum Gasteiger partial charge on any atom is 0.255 e. The van der Waals surface area contributed by atoms with Gasteiger partial charge in [0.05, 0.1) is 6.04 Å². The molecule has 0 saturated heterocycles. The molecule has 0 aliphatic rings. The molecule has 0 bridgehead atoms. The van der Waals surface area contributed by atoms with Gasteiger partial charge in [0.1, 0.15) is 0 Å². The summed E-state index contributed by atoms with van der Waals surface area (Å²) >= 11 is 0. The average molecular weight is 340 g/mol. The van der Waals surface area contributed by atoms with E-state index in [1.54, 1.807) is 36.7 Å². The number of anilines is 2. The van der Waals surface area contributed by atoms with Gasteiger partial charge in [-0.2, -0.15) is 0 Å². The molecule has 2 unspecified atom stereocenters. The number of carbonyl (C=O) groups excluding carboxylic acids is 2. The van der Waals surface area contributed by atoms with E-state index in [0.29, 0.717) is 16.9 Å². The number of benzene rings is 1. The van der Waals surface area contributed by atoms with E-state index in [9.17, 15) is 9.59 Å². The fourth-order valence-corrected chi connectivity index (χ4v) is 2.27. The normalized spacial score (nSPS) is 13.0. The van der Waals surface area contributed by atoms with Crippen LogP contribution in [-0.2, 0) is 4.79 Å². The number of hydrogen-bond donors (Lipinski definition) is 3. The van der Waals surface area contributed by atoms with Crippen LogP contribution in [0.4, 0.5) is 11.4 Å². The van der Waals surface area contributed by atoms with Crippen molar-refractivity contribution in [3.63, 3.8) is 0 Å². The molecular weight excluding hydrogens is 316 g/mol. The van der Waals surface area contributed by atoms with E-state index in [4.69, 9.17) is 5.73 Å². The molecule has 0 aliphatic carbocycles. The predicted molar refractivity (Wildman–Crippen MR) is 99.4 cm³/mol. The second-order valence-corrected chi connectivity index (χ2v) is 6.12. The number of nitrogens with two attached hydrogens (primary N) is 1. The third kappa shape index (κ3) is 4.87. The van der Waals surface area contributed by atoms with Crippen LogP contribution in [0.2, 0.25) is 0 Å². The summed E-state index contributed by atoms with van der Waals surface area (Å²) in [6, 6.07) is 8.07. The van der Waals surface area contributed by atoms with Gasteiger partial charge in [0.25, 0.3) is 5.91 Å². The first-order valence-corrected chi connectivity index (χ1v) is 8.30. The van der Waals surface area contributed by atoms with Crippen LogP contribution in [0.3, 0.4) is 0 Å². The van der Waals surface area contributed by atoms with Gasteiger partial charge in [-0.15, -0.1) is 0 Å². The minimum Gasteiger partial charge on any atom is -0.325 e.